The van der Waals surface area contributed by atoms with Gasteiger partial charge in [0.15, 0.2) is 0 Å². The number of hydrogen-bond donors (Lipinski definition) is 1. The van der Waals surface area contributed by atoms with Gasteiger partial charge in [-0.15, -0.1) is 11.8 Å². The van der Waals surface area contributed by atoms with Gasteiger partial charge in [-0.05, 0) is 57.8 Å². The second-order valence-electron chi connectivity index (χ2n) is 7.00. The van der Waals surface area contributed by atoms with Crippen molar-refractivity contribution in [3.63, 3.8) is 0 Å². The van der Waals surface area contributed by atoms with Gasteiger partial charge in [0.25, 0.3) is 0 Å². The summed E-state index contributed by atoms with van der Waals surface area (Å²) < 4.78 is 0. The molecule has 1 aromatic carbocycles. The van der Waals surface area contributed by atoms with E-state index in [9.17, 15) is 4.79 Å². The molecular weight excluding hydrogens is 292 g/mol. The van der Waals surface area contributed by atoms with Crippen LogP contribution in [0.2, 0.25) is 0 Å². The number of amides is 1. The first kappa shape index (κ1) is 15.9. The molecule has 0 radical (unpaired) electrons. The number of rotatable bonds is 4. The van der Waals surface area contributed by atoms with Crippen LogP contribution in [0.1, 0.15) is 38.7 Å². The fourth-order valence-electron chi connectivity index (χ4n) is 3.36. The Balaban J connectivity index is 1.52. The van der Waals surface area contributed by atoms with Crippen LogP contribution in [-0.4, -0.2) is 41.2 Å². The predicted molar refractivity (Wildman–Crippen MR) is 92.3 cm³/mol. The number of carbonyl (C=O) groups excluding carboxylic acids is 1. The van der Waals surface area contributed by atoms with Gasteiger partial charge in [0.05, 0.1) is 5.25 Å². The van der Waals surface area contributed by atoms with E-state index in [2.05, 4.69) is 42.3 Å². The van der Waals surface area contributed by atoms with Crippen LogP contribution in [-0.2, 0) is 11.2 Å². The zero-order chi connectivity index (χ0) is 15.6. The Morgan fingerprint density at radius 3 is 2.73 bits per heavy atom. The number of fused-ring (bicyclic) bond motifs is 1. The van der Waals surface area contributed by atoms with Crippen molar-refractivity contribution in [3.05, 3.63) is 29.8 Å². The third-order valence-electron chi connectivity index (χ3n) is 4.85. The van der Waals surface area contributed by atoms with E-state index in [0.717, 1.165) is 26.1 Å². The smallest absolute Gasteiger partial charge is 0.233 e. The average molecular weight is 318 g/mol. The largest absolute Gasteiger partial charge is 0.353 e. The second kappa shape index (κ2) is 6.63. The van der Waals surface area contributed by atoms with Crippen molar-refractivity contribution in [2.24, 2.45) is 0 Å². The summed E-state index contributed by atoms with van der Waals surface area (Å²) >= 11 is 1.70. The molecule has 2 heterocycles. The van der Waals surface area contributed by atoms with E-state index in [1.807, 2.05) is 6.07 Å². The van der Waals surface area contributed by atoms with Crippen LogP contribution in [0, 0.1) is 0 Å². The summed E-state index contributed by atoms with van der Waals surface area (Å²) in [5.74, 6) is 0.186. The van der Waals surface area contributed by atoms with Crippen LogP contribution in [0.5, 0.6) is 0 Å². The van der Waals surface area contributed by atoms with Crippen molar-refractivity contribution >= 4 is 17.7 Å². The van der Waals surface area contributed by atoms with Crippen molar-refractivity contribution < 1.29 is 4.79 Å². The van der Waals surface area contributed by atoms with Crippen molar-refractivity contribution in [2.75, 3.05) is 19.6 Å². The number of hydrogen-bond acceptors (Lipinski definition) is 3. The van der Waals surface area contributed by atoms with Gasteiger partial charge in [-0.25, -0.2) is 0 Å². The van der Waals surface area contributed by atoms with E-state index in [-0.39, 0.29) is 16.7 Å². The van der Waals surface area contributed by atoms with Gasteiger partial charge in [0.1, 0.15) is 0 Å². The monoisotopic (exact) mass is 318 g/mol. The molecule has 0 spiro atoms. The minimum atomic E-state index is 0.0366. The summed E-state index contributed by atoms with van der Waals surface area (Å²) in [5.41, 5.74) is 1.36. The molecule has 1 fully saturated rings. The molecule has 1 aromatic rings. The van der Waals surface area contributed by atoms with E-state index in [4.69, 9.17) is 0 Å². The maximum atomic E-state index is 12.5. The molecule has 3 nitrogen and oxygen atoms in total. The Morgan fingerprint density at radius 2 is 2.00 bits per heavy atom. The Labute approximate surface area is 137 Å². The van der Waals surface area contributed by atoms with E-state index in [0.29, 0.717) is 0 Å². The standard InChI is InChI=1S/C18H26N2OS/c1-18(2,20-10-6-3-7-11-20)13-19-17(21)16-12-14-8-4-5-9-15(14)22-16/h4-5,8-9,16H,3,6-7,10-13H2,1-2H3,(H,19,21). The highest BCUT2D eigenvalue weighted by Crippen LogP contribution is 2.36. The number of nitrogens with one attached hydrogen (secondary N) is 1. The van der Waals surface area contributed by atoms with Gasteiger partial charge < -0.3 is 5.32 Å². The Bertz CT molecular complexity index is 513. The molecule has 2 aliphatic rings. The number of benzene rings is 1. The van der Waals surface area contributed by atoms with E-state index < -0.39 is 0 Å². The first-order valence-corrected chi connectivity index (χ1v) is 9.21. The highest BCUT2D eigenvalue weighted by Gasteiger charge is 2.31. The van der Waals surface area contributed by atoms with Crippen LogP contribution in [0.25, 0.3) is 0 Å². The average Bonchev–Trinajstić information content (AvgIpc) is 2.98. The molecule has 2 aliphatic heterocycles. The molecule has 1 saturated heterocycles. The number of piperidine rings is 1. The molecule has 22 heavy (non-hydrogen) atoms. The molecule has 120 valence electrons. The summed E-state index contributed by atoms with van der Waals surface area (Å²) in [7, 11) is 0. The maximum absolute atomic E-state index is 12.5. The second-order valence-corrected chi connectivity index (χ2v) is 8.24. The lowest BCUT2D eigenvalue weighted by molar-refractivity contribution is -0.121. The van der Waals surface area contributed by atoms with Crippen molar-refractivity contribution in [1.82, 2.24) is 10.2 Å². The minimum Gasteiger partial charge on any atom is -0.353 e. The van der Waals surface area contributed by atoms with Crippen molar-refractivity contribution in [1.29, 1.82) is 0 Å². The first-order valence-electron chi connectivity index (χ1n) is 8.33. The van der Waals surface area contributed by atoms with E-state index in [1.165, 1.54) is 29.7 Å². The third-order valence-corrected chi connectivity index (χ3v) is 6.16. The van der Waals surface area contributed by atoms with E-state index >= 15 is 0 Å². The maximum Gasteiger partial charge on any atom is 0.233 e. The molecule has 0 aliphatic carbocycles. The topological polar surface area (TPSA) is 32.3 Å². The summed E-state index contributed by atoms with van der Waals surface area (Å²) in [6, 6.07) is 8.35. The quantitative estimate of drug-likeness (QED) is 0.926. The molecule has 1 unspecified atom stereocenters. The predicted octanol–water partition coefficient (Wildman–Crippen LogP) is 3.08. The number of nitrogens with zero attached hydrogens (tertiary/aromatic N) is 1. The van der Waals surface area contributed by atoms with Gasteiger partial charge >= 0.3 is 0 Å². The number of carbonyl (C=O) groups is 1. The van der Waals surface area contributed by atoms with Gasteiger partial charge in [-0.1, -0.05) is 24.6 Å². The summed E-state index contributed by atoms with van der Waals surface area (Å²) in [6.07, 6.45) is 4.77. The van der Waals surface area contributed by atoms with Gasteiger partial charge in [-0.3, -0.25) is 9.69 Å². The molecule has 3 rings (SSSR count). The van der Waals surface area contributed by atoms with Gasteiger partial charge in [0, 0.05) is 17.0 Å². The van der Waals surface area contributed by atoms with Gasteiger partial charge in [-0.2, -0.15) is 0 Å². The fourth-order valence-corrected chi connectivity index (χ4v) is 4.58. The first-order chi connectivity index (χ1) is 10.6. The molecule has 0 saturated carbocycles. The molecule has 4 heteroatoms. The summed E-state index contributed by atoms with van der Waals surface area (Å²) in [5, 5.41) is 3.23. The molecule has 0 bridgehead atoms. The molecule has 1 amide bonds. The normalized spacial score (nSPS) is 22.4. The van der Waals surface area contributed by atoms with Crippen LogP contribution >= 0.6 is 11.8 Å². The zero-order valence-corrected chi connectivity index (χ0v) is 14.4. The Kier molecular flexibility index (Phi) is 4.79. The van der Waals surface area contributed by atoms with Crippen LogP contribution in [0.4, 0.5) is 0 Å². The van der Waals surface area contributed by atoms with Crippen molar-refractivity contribution in [3.8, 4) is 0 Å². The summed E-state index contributed by atoms with van der Waals surface area (Å²) in [6.45, 7) is 7.54. The molecule has 1 atom stereocenters. The highest BCUT2D eigenvalue weighted by atomic mass is 32.2. The van der Waals surface area contributed by atoms with Crippen LogP contribution in [0.15, 0.2) is 29.2 Å². The summed E-state index contributed by atoms with van der Waals surface area (Å²) in [4.78, 5) is 16.3. The SMILES string of the molecule is CC(C)(CNC(=O)C1Cc2ccccc2S1)N1CCCCC1. The molecule has 0 aromatic heterocycles. The number of thioether (sulfide) groups is 1. The van der Waals surface area contributed by atoms with Crippen LogP contribution < -0.4 is 5.32 Å². The lowest BCUT2D eigenvalue weighted by Gasteiger charge is -2.41. The van der Waals surface area contributed by atoms with Crippen molar-refractivity contribution in [2.45, 2.75) is 55.2 Å². The molecule has 1 N–H and O–H groups in total. The fraction of sp³-hybridized carbons (Fsp3) is 0.611. The van der Waals surface area contributed by atoms with Crippen LogP contribution in [0.3, 0.4) is 0 Å². The molecular formula is C18H26N2OS. The third kappa shape index (κ3) is 3.49. The Morgan fingerprint density at radius 1 is 1.27 bits per heavy atom. The lowest BCUT2D eigenvalue weighted by atomic mass is 9.98. The minimum absolute atomic E-state index is 0.0366. The highest BCUT2D eigenvalue weighted by molar-refractivity contribution is 8.01. The van der Waals surface area contributed by atoms with E-state index in [1.54, 1.807) is 11.8 Å². The zero-order valence-electron chi connectivity index (χ0n) is 13.6. The lowest BCUT2D eigenvalue weighted by Crippen LogP contribution is -2.54. The Hall–Kier alpha value is -1.00. The van der Waals surface area contributed by atoms with Gasteiger partial charge in [0.2, 0.25) is 5.91 Å². The number of likely N-dealkylation sites (tertiary alicyclic amines) is 1.